The summed E-state index contributed by atoms with van der Waals surface area (Å²) in [5.41, 5.74) is -0.101. The van der Waals surface area contributed by atoms with Gasteiger partial charge in [-0.25, -0.2) is 14.3 Å². The summed E-state index contributed by atoms with van der Waals surface area (Å²) in [5.74, 6) is 0.739. The van der Waals surface area contributed by atoms with Crippen LogP contribution in [0.15, 0.2) is 71.7 Å². The molecule has 164 valence electrons. The van der Waals surface area contributed by atoms with Crippen molar-refractivity contribution in [2.45, 2.75) is 19.7 Å². The predicted octanol–water partition coefficient (Wildman–Crippen LogP) is 4.98. The van der Waals surface area contributed by atoms with Gasteiger partial charge in [0, 0.05) is 6.20 Å². The van der Waals surface area contributed by atoms with Crippen molar-refractivity contribution < 1.29 is 17.9 Å². The van der Waals surface area contributed by atoms with E-state index in [1.54, 1.807) is 31.2 Å². The van der Waals surface area contributed by atoms with Gasteiger partial charge in [-0.2, -0.15) is 17.9 Å². The molecule has 0 amide bonds. The van der Waals surface area contributed by atoms with Crippen molar-refractivity contribution in [2.24, 2.45) is 0 Å². The van der Waals surface area contributed by atoms with Crippen LogP contribution in [0, 0.1) is 6.92 Å². The predicted molar refractivity (Wildman–Crippen MR) is 112 cm³/mol. The monoisotopic (exact) mass is 460 g/mol. The third-order valence-electron chi connectivity index (χ3n) is 4.63. The Balaban J connectivity index is 1.60. The maximum Gasteiger partial charge on any atom is 0.417 e. The molecule has 0 bridgehead atoms. The number of aromatic nitrogens is 4. The van der Waals surface area contributed by atoms with E-state index in [4.69, 9.17) is 16.3 Å². The van der Waals surface area contributed by atoms with Crippen molar-refractivity contribution in [3.8, 4) is 17.3 Å². The minimum atomic E-state index is -4.60. The van der Waals surface area contributed by atoms with Crippen molar-refractivity contribution in [2.75, 3.05) is 0 Å². The SMILES string of the molecule is Cc1nn(-c2ncc(C(F)(F)F)cc2Cl)c(=O)n1-c1ccc(OCc2ccccc2)cc1. The second-order valence-electron chi connectivity index (χ2n) is 6.87. The fraction of sp³-hybridized carbons (Fsp3) is 0.136. The third-order valence-corrected chi connectivity index (χ3v) is 4.91. The first-order chi connectivity index (χ1) is 15.2. The van der Waals surface area contributed by atoms with Gasteiger partial charge < -0.3 is 4.74 Å². The molecular formula is C22H16ClF3N4O2. The van der Waals surface area contributed by atoms with Crippen LogP contribution >= 0.6 is 11.6 Å². The average molecular weight is 461 g/mol. The lowest BCUT2D eigenvalue weighted by atomic mass is 10.2. The van der Waals surface area contributed by atoms with Gasteiger partial charge in [0.15, 0.2) is 5.82 Å². The second-order valence-corrected chi connectivity index (χ2v) is 7.28. The summed E-state index contributed by atoms with van der Waals surface area (Å²) >= 11 is 5.97. The molecule has 0 spiro atoms. The molecule has 4 aromatic rings. The number of benzene rings is 2. The molecule has 2 aromatic heterocycles. The van der Waals surface area contributed by atoms with Crippen LogP contribution < -0.4 is 10.4 Å². The van der Waals surface area contributed by atoms with Crippen LogP contribution in [0.25, 0.3) is 11.5 Å². The summed E-state index contributed by atoms with van der Waals surface area (Å²) < 4.78 is 46.5. The highest BCUT2D eigenvalue weighted by atomic mass is 35.5. The van der Waals surface area contributed by atoms with Gasteiger partial charge in [-0.15, -0.1) is 5.10 Å². The molecule has 0 saturated heterocycles. The summed E-state index contributed by atoms with van der Waals surface area (Å²) in [6.07, 6.45) is -3.99. The van der Waals surface area contributed by atoms with E-state index < -0.39 is 17.4 Å². The first-order valence-corrected chi connectivity index (χ1v) is 9.81. The summed E-state index contributed by atoms with van der Waals surface area (Å²) in [7, 11) is 0. The van der Waals surface area contributed by atoms with Gasteiger partial charge in [-0.3, -0.25) is 0 Å². The zero-order chi connectivity index (χ0) is 22.9. The van der Waals surface area contributed by atoms with Gasteiger partial charge in [-0.1, -0.05) is 41.9 Å². The topological polar surface area (TPSA) is 61.9 Å². The van der Waals surface area contributed by atoms with Crippen LogP contribution in [0.2, 0.25) is 5.02 Å². The lowest BCUT2D eigenvalue weighted by Crippen LogP contribution is -2.24. The number of pyridine rings is 1. The van der Waals surface area contributed by atoms with Crippen LogP contribution in [0.1, 0.15) is 17.0 Å². The van der Waals surface area contributed by atoms with Crippen molar-refractivity contribution in [1.29, 1.82) is 0 Å². The van der Waals surface area contributed by atoms with E-state index in [0.29, 0.717) is 36.1 Å². The Morgan fingerprint density at radius 1 is 1.06 bits per heavy atom. The van der Waals surface area contributed by atoms with Gasteiger partial charge in [0.2, 0.25) is 0 Å². The minimum absolute atomic E-state index is 0.186. The lowest BCUT2D eigenvalue weighted by Gasteiger charge is -2.08. The Kier molecular flexibility index (Phi) is 5.75. The highest BCUT2D eigenvalue weighted by molar-refractivity contribution is 6.32. The number of ether oxygens (including phenoxy) is 1. The molecule has 0 unspecified atom stereocenters. The van der Waals surface area contributed by atoms with E-state index >= 15 is 0 Å². The van der Waals surface area contributed by atoms with E-state index in [-0.39, 0.29) is 10.8 Å². The van der Waals surface area contributed by atoms with Crippen molar-refractivity contribution in [3.63, 3.8) is 0 Å². The second kappa shape index (κ2) is 8.51. The van der Waals surface area contributed by atoms with Gasteiger partial charge in [0.1, 0.15) is 18.2 Å². The summed E-state index contributed by atoms with van der Waals surface area (Å²) in [6, 6.07) is 17.2. The molecule has 0 aliphatic carbocycles. The molecule has 0 fully saturated rings. The zero-order valence-electron chi connectivity index (χ0n) is 16.7. The number of halogens is 4. The van der Waals surface area contributed by atoms with Crippen LogP contribution in [0.4, 0.5) is 13.2 Å². The number of aryl methyl sites for hydroxylation is 1. The van der Waals surface area contributed by atoms with Crippen molar-refractivity contribution >= 4 is 11.6 Å². The Hall–Kier alpha value is -3.59. The Morgan fingerprint density at radius 3 is 2.38 bits per heavy atom. The van der Waals surface area contributed by atoms with Gasteiger partial charge >= 0.3 is 11.9 Å². The van der Waals surface area contributed by atoms with Gasteiger partial charge in [-0.05, 0) is 42.8 Å². The molecule has 6 nitrogen and oxygen atoms in total. The van der Waals surface area contributed by atoms with E-state index in [2.05, 4.69) is 10.1 Å². The Morgan fingerprint density at radius 2 is 1.75 bits per heavy atom. The molecule has 0 atom stereocenters. The van der Waals surface area contributed by atoms with Crippen LogP contribution in [0.3, 0.4) is 0 Å². The largest absolute Gasteiger partial charge is 0.489 e. The molecule has 4 rings (SSSR count). The molecule has 0 aliphatic rings. The maximum absolute atomic E-state index is 12.9. The van der Waals surface area contributed by atoms with Crippen LogP contribution in [0.5, 0.6) is 5.75 Å². The first kappa shape index (κ1) is 21.6. The number of alkyl halides is 3. The van der Waals surface area contributed by atoms with Gasteiger partial charge in [0.05, 0.1) is 16.3 Å². The quantitative estimate of drug-likeness (QED) is 0.421. The highest BCUT2D eigenvalue weighted by Gasteiger charge is 2.32. The van der Waals surface area contributed by atoms with E-state index in [0.717, 1.165) is 10.2 Å². The van der Waals surface area contributed by atoms with Crippen molar-refractivity contribution in [1.82, 2.24) is 19.3 Å². The summed E-state index contributed by atoms with van der Waals surface area (Å²) in [4.78, 5) is 16.6. The number of nitrogens with zero attached hydrogens (tertiary/aromatic N) is 4. The summed E-state index contributed by atoms with van der Waals surface area (Å²) in [6.45, 7) is 1.99. The van der Waals surface area contributed by atoms with Gasteiger partial charge in [0.25, 0.3) is 0 Å². The van der Waals surface area contributed by atoms with E-state index in [9.17, 15) is 18.0 Å². The molecule has 10 heteroatoms. The van der Waals surface area contributed by atoms with E-state index in [1.165, 1.54) is 4.57 Å². The lowest BCUT2D eigenvalue weighted by molar-refractivity contribution is -0.137. The molecule has 0 radical (unpaired) electrons. The smallest absolute Gasteiger partial charge is 0.417 e. The molecular weight excluding hydrogens is 445 g/mol. The summed E-state index contributed by atoms with van der Waals surface area (Å²) in [5, 5.41) is 3.78. The Bertz CT molecular complexity index is 1300. The molecule has 0 N–H and O–H groups in total. The third kappa shape index (κ3) is 4.38. The zero-order valence-corrected chi connectivity index (χ0v) is 17.4. The fourth-order valence-corrected chi connectivity index (χ4v) is 3.32. The normalized spacial score (nSPS) is 11.5. The number of hydrogen-bond donors (Lipinski definition) is 0. The van der Waals surface area contributed by atoms with Crippen molar-refractivity contribution in [3.05, 3.63) is 99.3 Å². The highest BCUT2D eigenvalue weighted by Crippen LogP contribution is 2.31. The van der Waals surface area contributed by atoms with Crippen LogP contribution in [-0.2, 0) is 12.8 Å². The fourth-order valence-electron chi connectivity index (χ4n) is 3.07. The molecule has 2 heterocycles. The van der Waals surface area contributed by atoms with Crippen LogP contribution in [-0.4, -0.2) is 19.3 Å². The maximum atomic E-state index is 12.9. The molecule has 0 saturated carbocycles. The number of hydrogen-bond acceptors (Lipinski definition) is 4. The average Bonchev–Trinajstić information content (AvgIpc) is 3.06. The Labute approximate surface area is 185 Å². The first-order valence-electron chi connectivity index (χ1n) is 9.43. The standard InChI is InChI=1S/C22H16ClF3N4O2/c1-14-28-30(20-19(23)11-16(12-27-20)22(24,25)26)21(31)29(14)17-7-9-18(10-8-17)32-13-15-5-3-2-4-6-15/h2-12H,13H2,1H3. The number of rotatable bonds is 5. The van der Waals surface area contributed by atoms with E-state index in [1.807, 2.05) is 30.3 Å². The molecule has 32 heavy (non-hydrogen) atoms. The molecule has 0 aliphatic heterocycles. The minimum Gasteiger partial charge on any atom is -0.489 e. The molecule has 2 aromatic carbocycles.